The standard InChI is InChI=1S/C15H21FN2O2.ClH/c1-3-20-14-11(5-4-6-12(14)16)15(19)18-13-7-8-17-9-10(13)2;/h4-6,10,13,17H,3,7-9H2,1-2H3,(H,18,19);1H. The van der Waals surface area contributed by atoms with Crippen LogP contribution in [0.3, 0.4) is 0 Å². The first-order valence-electron chi connectivity index (χ1n) is 7.06. The first kappa shape index (κ1) is 17.7. The lowest BCUT2D eigenvalue weighted by Gasteiger charge is -2.30. The van der Waals surface area contributed by atoms with E-state index in [1.807, 2.05) is 0 Å². The number of ether oxygens (including phenoxy) is 1. The van der Waals surface area contributed by atoms with Gasteiger partial charge in [0.1, 0.15) is 0 Å². The molecule has 1 aromatic carbocycles. The Balaban J connectivity index is 0.00000220. The summed E-state index contributed by atoms with van der Waals surface area (Å²) in [5.41, 5.74) is 0.262. The Labute approximate surface area is 130 Å². The molecule has 1 aliphatic heterocycles. The first-order valence-corrected chi connectivity index (χ1v) is 7.06. The lowest BCUT2D eigenvalue weighted by molar-refractivity contribution is 0.0909. The number of benzene rings is 1. The van der Waals surface area contributed by atoms with Crippen LogP contribution in [0.2, 0.25) is 0 Å². The summed E-state index contributed by atoms with van der Waals surface area (Å²) in [4.78, 5) is 12.3. The highest BCUT2D eigenvalue weighted by Gasteiger charge is 2.25. The van der Waals surface area contributed by atoms with Gasteiger partial charge in [-0.3, -0.25) is 4.79 Å². The molecule has 4 nitrogen and oxygen atoms in total. The van der Waals surface area contributed by atoms with Crippen LogP contribution in [0.1, 0.15) is 30.6 Å². The average molecular weight is 317 g/mol. The number of para-hydroxylation sites is 1. The van der Waals surface area contributed by atoms with Gasteiger partial charge in [-0.05, 0) is 44.5 Å². The lowest BCUT2D eigenvalue weighted by atomic mass is 9.95. The van der Waals surface area contributed by atoms with E-state index in [0.717, 1.165) is 19.5 Å². The molecule has 1 saturated heterocycles. The highest BCUT2D eigenvalue weighted by atomic mass is 35.5. The van der Waals surface area contributed by atoms with Gasteiger partial charge in [0.05, 0.1) is 12.2 Å². The number of halogens is 2. The van der Waals surface area contributed by atoms with E-state index in [2.05, 4.69) is 17.6 Å². The number of carbonyl (C=O) groups is 1. The molecule has 0 spiro atoms. The molecule has 1 heterocycles. The number of carbonyl (C=O) groups excluding carboxylic acids is 1. The number of hydrogen-bond acceptors (Lipinski definition) is 3. The fourth-order valence-corrected chi connectivity index (χ4v) is 2.45. The summed E-state index contributed by atoms with van der Waals surface area (Å²) in [7, 11) is 0. The molecule has 118 valence electrons. The SMILES string of the molecule is CCOc1c(F)cccc1C(=O)NC1CCNCC1C.Cl. The summed E-state index contributed by atoms with van der Waals surface area (Å²) in [6.07, 6.45) is 0.881. The zero-order valence-electron chi connectivity index (χ0n) is 12.3. The summed E-state index contributed by atoms with van der Waals surface area (Å²) in [6.45, 7) is 5.95. The van der Waals surface area contributed by atoms with Crippen LogP contribution in [0.5, 0.6) is 5.75 Å². The van der Waals surface area contributed by atoms with E-state index in [4.69, 9.17) is 4.74 Å². The molecule has 1 aromatic rings. The van der Waals surface area contributed by atoms with Crippen LogP contribution in [0.25, 0.3) is 0 Å². The monoisotopic (exact) mass is 316 g/mol. The third-order valence-electron chi connectivity index (χ3n) is 3.60. The van der Waals surface area contributed by atoms with Crippen molar-refractivity contribution in [3.05, 3.63) is 29.6 Å². The van der Waals surface area contributed by atoms with Crippen molar-refractivity contribution in [3.8, 4) is 5.75 Å². The molecule has 2 N–H and O–H groups in total. The van der Waals surface area contributed by atoms with E-state index >= 15 is 0 Å². The van der Waals surface area contributed by atoms with Crippen LogP contribution in [-0.4, -0.2) is 31.6 Å². The van der Waals surface area contributed by atoms with E-state index in [1.54, 1.807) is 13.0 Å². The Morgan fingerprint density at radius 3 is 2.95 bits per heavy atom. The van der Waals surface area contributed by atoms with Gasteiger partial charge in [-0.25, -0.2) is 4.39 Å². The van der Waals surface area contributed by atoms with Crippen LogP contribution in [0.15, 0.2) is 18.2 Å². The molecule has 0 bridgehead atoms. The molecule has 0 aliphatic carbocycles. The third kappa shape index (κ3) is 4.32. The summed E-state index contributed by atoms with van der Waals surface area (Å²) in [6, 6.07) is 4.53. The van der Waals surface area contributed by atoms with Gasteiger partial charge in [-0.1, -0.05) is 13.0 Å². The van der Waals surface area contributed by atoms with Gasteiger partial charge in [-0.2, -0.15) is 0 Å². The van der Waals surface area contributed by atoms with E-state index in [-0.39, 0.29) is 35.7 Å². The van der Waals surface area contributed by atoms with Gasteiger partial charge < -0.3 is 15.4 Å². The minimum atomic E-state index is -0.502. The number of rotatable bonds is 4. The molecule has 0 aromatic heterocycles. The molecule has 21 heavy (non-hydrogen) atoms. The van der Waals surface area contributed by atoms with Crippen molar-refractivity contribution in [1.29, 1.82) is 0 Å². The maximum Gasteiger partial charge on any atom is 0.255 e. The minimum Gasteiger partial charge on any atom is -0.490 e. The molecule has 1 amide bonds. The van der Waals surface area contributed by atoms with Crippen LogP contribution in [0.4, 0.5) is 4.39 Å². The lowest BCUT2D eigenvalue weighted by Crippen LogP contribution is -2.48. The topological polar surface area (TPSA) is 50.4 Å². The molecule has 0 radical (unpaired) electrons. The van der Waals surface area contributed by atoms with Crippen LogP contribution in [-0.2, 0) is 0 Å². The predicted molar refractivity (Wildman–Crippen MR) is 82.7 cm³/mol. The first-order chi connectivity index (χ1) is 9.63. The quantitative estimate of drug-likeness (QED) is 0.896. The Hall–Kier alpha value is -1.33. The highest BCUT2D eigenvalue weighted by molar-refractivity contribution is 5.97. The predicted octanol–water partition coefficient (Wildman–Crippen LogP) is 2.37. The van der Waals surface area contributed by atoms with Crippen molar-refractivity contribution in [3.63, 3.8) is 0 Å². The van der Waals surface area contributed by atoms with Crippen molar-refractivity contribution in [2.75, 3.05) is 19.7 Å². The van der Waals surface area contributed by atoms with E-state index in [1.165, 1.54) is 12.1 Å². The Bertz CT molecular complexity index is 485. The molecule has 6 heteroatoms. The van der Waals surface area contributed by atoms with Crippen molar-refractivity contribution in [1.82, 2.24) is 10.6 Å². The average Bonchev–Trinajstić information content (AvgIpc) is 2.43. The van der Waals surface area contributed by atoms with Crippen molar-refractivity contribution >= 4 is 18.3 Å². The van der Waals surface area contributed by atoms with Gasteiger partial charge in [-0.15, -0.1) is 12.4 Å². The zero-order chi connectivity index (χ0) is 14.5. The molecule has 1 fully saturated rings. The normalized spacial score (nSPS) is 21.3. The fraction of sp³-hybridized carbons (Fsp3) is 0.533. The molecule has 1 aliphatic rings. The molecule has 2 unspecified atom stereocenters. The summed E-state index contributed by atoms with van der Waals surface area (Å²) < 4.78 is 19.0. The van der Waals surface area contributed by atoms with Crippen LogP contribution in [0, 0.1) is 11.7 Å². The molecule has 2 atom stereocenters. The number of hydrogen-bond donors (Lipinski definition) is 2. The van der Waals surface area contributed by atoms with Crippen molar-refractivity contribution in [2.45, 2.75) is 26.3 Å². The molecule has 0 saturated carbocycles. The van der Waals surface area contributed by atoms with Crippen molar-refractivity contribution in [2.24, 2.45) is 5.92 Å². The Morgan fingerprint density at radius 1 is 1.52 bits per heavy atom. The molecule has 2 rings (SSSR count). The zero-order valence-corrected chi connectivity index (χ0v) is 13.1. The fourth-order valence-electron chi connectivity index (χ4n) is 2.45. The summed E-state index contributed by atoms with van der Waals surface area (Å²) in [5, 5.41) is 6.27. The Kier molecular flexibility index (Phi) is 6.92. The smallest absolute Gasteiger partial charge is 0.255 e. The van der Waals surface area contributed by atoms with Gasteiger partial charge in [0.25, 0.3) is 5.91 Å². The van der Waals surface area contributed by atoms with Gasteiger partial charge in [0.15, 0.2) is 11.6 Å². The second kappa shape index (κ2) is 8.20. The number of amides is 1. The maximum absolute atomic E-state index is 13.7. The number of nitrogens with one attached hydrogen (secondary N) is 2. The van der Waals surface area contributed by atoms with Crippen LogP contribution < -0.4 is 15.4 Å². The van der Waals surface area contributed by atoms with Gasteiger partial charge in [0.2, 0.25) is 0 Å². The minimum absolute atomic E-state index is 0. The maximum atomic E-state index is 13.7. The van der Waals surface area contributed by atoms with E-state index < -0.39 is 5.82 Å². The summed E-state index contributed by atoms with van der Waals surface area (Å²) in [5.74, 6) is -0.379. The molecular weight excluding hydrogens is 295 g/mol. The molecular formula is C15H22ClFN2O2. The highest BCUT2D eigenvalue weighted by Crippen LogP contribution is 2.23. The van der Waals surface area contributed by atoms with Gasteiger partial charge >= 0.3 is 0 Å². The second-order valence-corrected chi connectivity index (χ2v) is 5.10. The largest absolute Gasteiger partial charge is 0.490 e. The Morgan fingerprint density at radius 2 is 2.29 bits per heavy atom. The van der Waals surface area contributed by atoms with E-state index in [9.17, 15) is 9.18 Å². The van der Waals surface area contributed by atoms with E-state index in [0.29, 0.717) is 12.5 Å². The van der Waals surface area contributed by atoms with Crippen LogP contribution >= 0.6 is 12.4 Å². The third-order valence-corrected chi connectivity index (χ3v) is 3.60. The van der Waals surface area contributed by atoms with Crippen molar-refractivity contribution < 1.29 is 13.9 Å². The summed E-state index contributed by atoms with van der Waals surface area (Å²) >= 11 is 0. The number of piperidine rings is 1. The van der Waals surface area contributed by atoms with Gasteiger partial charge in [0, 0.05) is 6.04 Å². The second-order valence-electron chi connectivity index (χ2n) is 5.10.